The molecule has 2 aromatic rings. The molecule has 0 aliphatic heterocycles. The van der Waals surface area contributed by atoms with Crippen LogP contribution in [0.15, 0.2) is 78.3 Å². The summed E-state index contributed by atoms with van der Waals surface area (Å²) in [6.45, 7) is 3.99. The molecule has 23 heavy (non-hydrogen) atoms. The fourth-order valence-electron chi connectivity index (χ4n) is 2.67. The van der Waals surface area contributed by atoms with Crippen LogP contribution in [0.4, 0.5) is 0 Å². The van der Waals surface area contributed by atoms with Crippen LogP contribution in [0.1, 0.15) is 25.7 Å². The van der Waals surface area contributed by atoms with Gasteiger partial charge < -0.3 is 9.67 Å². The normalized spacial score (nSPS) is 11.0. The Hall–Kier alpha value is -1.85. The number of aliphatic hydroxyl groups is 1. The average Bonchev–Trinajstić information content (AvgIpc) is 2.63. The SMILES string of the molecule is C=C=C(CCCCCO)P(=O)(c1ccccc1)c1ccccc1. The molecule has 0 fully saturated rings. The second kappa shape index (κ2) is 8.70. The molecule has 120 valence electrons. The van der Waals surface area contributed by atoms with E-state index in [-0.39, 0.29) is 6.61 Å². The molecule has 2 rings (SSSR count). The fourth-order valence-corrected chi connectivity index (χ4v) is 5.48. The minimum Gasteiger partial charge on any atom is -0.396 e. The Balaban J connectivity index is 2.42. The topological polar surface area (TPSA) is 37.3 Å². The molecule has 0 aliphatic carbocycles. The van der Waals surface area contributed by atoms with Crippen molar-refractivity contribution in [2.75, 3.05) is 6.61 Å². The third-order valence-corrected chi connectivity index (χ3v) is 7.09. The van der Waals surface area contributed by atoms with Crippen LogP contribution in [0.2, 0.25) is 0 Å². The lowest BCUT2D eigenvalue weighted by molar-refractivity contribution is 0.283. The van der Waals surface area contributed by atoms with Crippen LogP contribution < -0.4 is 10.6 Å². The van der Waals surface area contributed by atoms with Crippen LogP contribution in [-0.4, -0.2) is 11.7 Å². The summed E-state index contributed by atoms with van der Waals surface area (Å²) in [5.74, 6) is 0. The van der Waals surface area contributed by atoms with Crippen molar-refractivity contribution >= 4 is 17.8 Å². The molecule has 0 unspecified atom stereocenters. The Morgan fingerprint density at radius 3 is 1.87 bits per heavy atom. The van der Waals surface area contributed by atoms with Gasteiger partial charge in [-0.3, -0.25) is 0 Å². The highest BCUT2D eigenvalue weighted by Crippen LogP contribution is 2.53. The summed E-state index contributed by atoms with van der Waals surface area (Å²) >= 11 is 0. The van der Waals surface area contributed by atoms with Crippen LogP contribution in [0.3, 0.4) is 0 Å². The third kappa shape index (κ3) is 4.12. The molecule has 0 atom stereocenters. The molecule has 0 saturated carbocycles. The van der Waals surface area contributed by atoms with Crippen molar-refractivity contribution in [2.24, 2.45) is 0 Å². The third-order valence-electron chi connectivity index (χ3n) is 3.90. The second-order valence-corrected chi connectivity index (χ2v) is 8.23. The molecule has 2 aromatic carbocycles. The van der Waals surface area contributed by atoms with Crippen LogP contribution in [0.25, 0.3) is 0 Å². The van der Waals surface area contributed by atoms with Gasteiger partial charge in [-0.05, 0) is 19.3 Å². The molecule has 0 spiro atoms. The molecular weight excluding hydrogens is 303 g/mol. The predicted molar refractivity (Wildman–Crippen MR) is 98.0 cm³/mol. The van der Waals surface area contributed by atoms with Gasteiger partial charge in [0, 0.05) is 22.5 Å². The predicted octanol–water partition coefficient (Wildman–Crippen LogP) is 4.22. The highest BCUT2D eigenvalue weighted by Gasteiger charge is 2.31. The average molecular weight is 326 g/mol. The summed E-state index contributed by atoms with van der Waals surface area (Å²) in [5.41, 5.74) is 2.96. The summed E-state index contributed by atoms with van der Waals surface area (Å²) < 4.78 is 14.0. The first-order valence-corrected chi connectivity index (χ1v) is 9.65. The van der Waals surface area contributed by atoms with Gasteiger partial charge in [0.15, 0.2) is 7.14 Å². The quantitative estimate of drug-likeness (QED) is 0.448. The van der Waals surface area contributed by atoms with Gasteiger partial charge in [0.1, 0.15) is 0 Å². The van der Waals surface area contributed by atoms with Crippen molar-refractivity contribution in [3.8, 4) is 0 Å². The van der Waals surface area contributed by atoms with E-state index in [0.717, 1.165) is 35.2 Å². The van der Waals surface area contributed by atoms with Gasteiger partial charge in [-0.2, -0.15) is 0 Å². The number of hydrogen-bond donors (Lipinski definition) is 1. The Kier molecular flexibility index (Phi) is 6.62. The van der Waals surface area contributed by atoms with E-state index < -0.39 is 7.14 Å². The first kappa shape index (κ1) is 17.5. The molecule has 0 heterocycles. The van der Waals surface area contributed by atoms with E-state index in [1.165, 1.54) is 0 Å². The van der Waals surface area contributed by atoms with Crippen LogP contribution in [0, 0.1) is 0 Å². The summed E-state index contributed by atoms with van der Waals surface area (Å²) in [6.07, 6.45) is 3.24. The maximum atomic E-state index is 14.0. The van der Waals surface area contributed by atoms with Crippen molar-refractivity contribution in [1.82, 2.24) is 0 Å². The lowest BCUT2D eigenvalue weighted by Gasteiger charge is -2.21. The lowest BCUT2D eigenvalue weighted by atomic mass is 10.2. The maximum Gasteiger partial charge on any atom is 0.174 e. The number of allylic oxidation sites excluding steroid dienone is 1. The summed E-state index contributed by atoms with van der Waals surface area (Å²) in [4.78, 5) is 0. The number of benzene rings is 2. The molecule has 2 nitrogen and oxygen atoms in total. The van der Waals surface area contributed by atoms with E-state index >= 15 is 0 Å². The fraction of sp³-hybridized carbons (Fsp3) is 0.250. The molecule has 0 aliphatic rings. The zero-order chi connectivity index (χ0) is 16.5. The van der Waals surface area contributed by atoms with Crippen molar-refractivity contribution in [2.45, 2.75) is 25.7 Å². The molecular formula is C20H23O2P. The van der Waals surface area contributed by atoms with Gasteiger partial charge in [-0.15, -0.1) is 5.73 Å². The molecule has 3 heteroatoms. The monoisotopic (exact) mass is 326 g/mol. The summed E-state index contributed by atoms with van der Waals surface area (Å²) in [5, 5.41) is 11.3. The Morgan fingerprint density at radius 2 is 1.43 bits per heavy atom. The van der Waals surface area contributed by atoms with Crippen LogP contribution in [-0.2, 0) is 4.57 Å². The van der Waals surface area contributed by atoms with Crippen molar-refractivity contribution < 1.29 is 9.67 Å². The smallest absolute Gasteiger partial charge is 0.174 e. The van der Waals surface area contributed by atoms with Gasteiger partial charge in [-0.1, -0.05) is 73.7 Å². The van der Waals surface area contributed by atoms with E-state index in [0.29, 0.717) is 6.42 Å². The van der Waals surface area contributed by atoms with E-state index in [1.54, 1.807) is 0 Å². The van der Waals surface area contributed by atoms with Gasteiger partial charge in [0.25, 0.3) is 0 Å². The van der Waals surface area contributed by atoms with Gasteiger partial charge >= 0.3 is 0 Å². The van der Waals surface area contributed by atoms with Crippen molar-refractivity contribution in [1.29, 1.82) is 0 Å². The Labute approximate surface area is 138 Å². The van der Waals surface area contributed by atoms with Crippen LogP contribution >= 0.6 is 7.14 Å². The number of hydrogen-bond acceptors (Lipinski definition) is 2. The zero-order valence-corrected chi connectivity index (χ0v) is 14.2. The molecule has 0 bridgehead atoms. The van der Waals surface area contributed by atoms with Gasteiger partial charge in [0.2, 0.25) is 0 Å². The maximum absolute atomic E-state index is 14.0. The van der Waals surface area contributed by atoms with E-state index in [9.17, 15) is 4.57 Å². The number of aliphatic hydroxyl groups excluding tert-OH is 1. The van der Waals surface area contributed by atoms with Gasteiger partial charge in [0.05, 0.1) is 0 Å². The Morgan fingerprint density at radius 1 is 0.913 bits per heavy atom. The van der Waals surface area contributed by atoms with Crippen molar-refractivity contribution in [3.05, 3.63) is 78.3 Å². The van der Waals surface area contributed by atoms with E-state index in [1.807, 2.05) is 60.7 Å². The first-order valence-electron chi connectivity index (χ1n) is 7.95. The summed E-state index contributed by atoms with van der Waals surface area (Å²) in [6, 6.07) is 19.2. The molecule has 0 saturated heterocycles. The lowest BCUT2D eigenvalue weighted by Crippen LogP contribution is -2.17. The van der Waals surface area contributed by atoms with Crippen molar-refractivity contribution in [3.63, 3.8) is 0 Å². The highest BCUT2D eigenvalue weighted by atomic mass is 31.2. The standard InChI is InChI=1S/C20H23O2P/c1-2-18(12-10-5-11-17-21)23(22,19-13-6-3-7-14-19)20-15-8-4-9-16-20/h3-4,6-9,13-16,21H,1,5,10-12,17H2. The van der Waals surface area contributed by atoms with E-state index in [2.05, 4.69) is 12.3 Å². The number of unbranched alkanes of at least 4 members (excludes halogenated alkanes) is 2. The first-order chi connectivity index (χ1) is 11.2. The molecule has 1 N–H and O–H groups in total. The van der Waals surface area contributed by atoms with Gasteiger partial charge in [-0.25, -0.2) is 0 Å². The minimum absolute atomic E-state index is 0.197. The largest absolute Gasteiger partial charge is 0.396 e. The highest BCUT2D eigenvalue weighted by molar-refractivity contribution is 7.82. The molecule has 0 aromatic heterocycles. The number of rotatable bonds is 8. The molecule has 0 amide bonds. The van der Waals surface area contributed by atoms with Crippen LogP contribution in [0.5, 0.6) is 0 Å². The zero-order valence-electron chi connectivity index (χ0n) is 13.3. The summed E-state index contributed by atoms with van der Waals surface area (Å²) in [7, 11) is -2.90. The molecule has 0 radical (unpaired) electrons. The van der Waals surface area contributed by atoms with E-state index in [4.69, 9.17) is 5.11 Å². The second-order valence-electron chi connectivity index (χ2n) is 5.44. The Bertz CT molecular complexity index is 657. The minimum atomic E-state index is -2.90.